The predicted molar refractivity (Wildman–Crippen MR) is 80.8 cm³/mol. The first-order valence-corrected chi connectivity index (χ1v) is 7.05. The summed E-state index contributed by atoms with van der Waals surface area (Å²) in [6.07, 6.45) is 0. The van der Waals surface area contributed by atoms with Gasteiger partial charge in [0, 0.05) is 38.3 Å². The quantitative estimate of drug-likeness (QED) is 0.484. The van der Waals surface area contributed by atoms with Gasteiger partial charge < -0.3 is 15.0 Å². The van der Waals surface area contributed by atoms with E-state index < -0.39 is 27.2 Å². The maximum atomic E-state index is 11.8. The van der Waals surface area contributed by atoms with Crippen LogP contribution < -0.4 is 10.2 Å². The second-order valence-corrected chi connectivity index (χ2v) is 4.83. The number of hydrogen-bond donors (Lipinski definition) is 1. The molecule has 1 aromatic carbocycles. The normalized spacial score (nSPS) is 14.4. The van der Waals surface area contributed by atoms with E-state index >= 15 is 0 Å². The Kier molecular flexibility index (Phi) is 5.06. The molecule has 0 saturated carbocycles. The lowest BCUT2D eigenvalue weighted by Gasteiger charge is -2.28. The number of hydrogen-bond acceptors (Lipinski definition) is 8. The third-order valence-corrected chi connectivity index (χ3v) is 3.41. The van der Waals surface area contributed by atoms with Crippen molar-refractivity contribution >= 4 is 23.0 Å². The molecular formula is C13H16N4O6. The molecule has 2 rings (SSSR count). The Hall–Kier alpha value is -2.75. The Bertz CT molecular complexity index is 606. The third kappa shape index (κ3) is 3.54. The van der Waals surface area contributed by atoms with Crippen molar-refractivity contribution in [2.45, 2.75) is 6.92 Å². The number of rotatable bonds is 5. The third-order valence-electron chi connectivity index (χ3n) is 3.41. The summed E-state index contributed by atoms with van der Waals surface area (Å²) in [6, 6.07) is 2.06. The second-order valence-electron chi connectivity index (χ2n) is 4.83. The molecule has 0 aliphatic carbocycles. The molecule has 10 nitrogen and oxygen atoms in total. The van der Waals surface area contributed by atoms with Crippen LogP contribution in [-0.4, -0.2) is 48.6 Å². The Morgan fingerprint density at radius 2 is 1.74 bits per heavy atom. The summed E-state index contributed by atoms with van der Waals surface area (Å²) in [5.74, 6) is -0.828. The first-order chi connectivity index (χ1) is 11.0. The molecule has 1 aliphatic rings. The van der Waals surface area contributed by atoms with Gasteiger partial charge in [0.05, 0.1) is 22.0 Å². The number of ether oxygens (including phenoxy) is 1. The molecular weight excluding hydrogens is 308 g/mol. The highest BCUT2D eigenvalue weighted by molar-refractivity contribution is 5.94. The summed E-state index contributed by atoms with van der Waals surface area (Å²) < 4.78 is 4.78. The largest absolute Gasteiger partial charge is 0.462 e. The van der Waals surface area contributed by atoms with Crippen molar-refractivity contribution in [3.63, 3.8) is 0 Å². The average molecular weight is 324 g/mol. The van der Waals surface area contributed by atoms with Crippen molar-refractivity contribution in [1.82, 2.24) is 5.32 Å². The van der Waals surface area contributed by atoms with Crippen molar-refractivity contribution in [2.75, 3.05) is 37.7 Å². The van der Waals surface area contributed by atoms with E-state index in [2.05, 4.69) is 5.32 Å². The number of carbonyl (C=O) groups is 1. The van der Waals surface area contributed by atoms with Gasteiger partial charge in [0.15, 0.2) is 5.69 Å². The smallest absolute Gasteiger partial charge is 0.338 e. The van der Waals surface area contributed by atoms with Crippen LogP contribution >= 0.6 is 0 Å². The van der Waals surface area contributed by atoms with E-state index in [1.165, 1.54) is 0 Å². The van der Waals surface area contributed by atoms with Gasteiger partial charge in [-0.15, -0.1) is 0 Å². The van der Waals surface area contributed by atoms with Gasteiger partial charge in [-0.05, 0) is 6.92 Å². The van der Waals surface area contributed by atoms with E-state index in [1.807, 2.05) is 0 Å². The van der Waals surface area contributed by atoms with Crippen LogP contribution in [0.5, 0.6) is 0 Å². The van der Waals surface area contributed by atoms with Crippen molar-refractivity contribution in [1.29, 1.82) is 0 Å². The summed E-state index contributed by atoms with van der Waals surface area (Å²) in [4.78, 5) is 34.7. The Balaban J connectivity index is 2.60. The van der Waals surface area contributed by atoms with Crippen LogP contribution in [0.2, 0.25) is 0 Å². The van der Waals surface area contributed by atoms with E-state index in [0.29, 0.717) is 26.2 Å². The van der Waals surface area contributed by atoms with Gasteiger partial charge in [-0.2, -0.15) is 0 Å². The lowest BCUT2D eigenvalue weighted by atomic mass is 10.1. The highest BCUT2D eigenvalue weighted by atomic mass is 16.6. The van der Waals surface area contributed by atoms with E-state index in [-0.39, 0.29) is 17.9 Å². The fourth-order valence-corrected chi connectivity index (χ4v) is 2.43. The number of benzene rings is 1. The summed E-state index contributed by atoms with van der Waals surface area (Å²) in [7, 11) is 0. The highest BCUT2D eigenvalue weighted by Crippen LogP contribution is 2.39. The zero-order chi connectivity index (χ0) is 17.0. The number of anilines is 1. The van der Waals surface area contributed by atoms with Crippen LogP contribution in [0.1, 0.15) is 17.3 Å². The van der Waals surface area contributed by atoms with Crippen molar-refractivity contribution < 1.29 is 19.4 Å². The van der Waals surface area contributed by atoms with Gasteiger partial charge in [-0.25, -0.2) is 4.79 Å². The number of nitro benzene ring substituents is 2. The fraction of sp³-hybridized carbons (Fsp3) is 0.462. The van der Waals surface area contributed by atoms with Gasteiger partial charge in [-0.3, -0.25) is 20.2 Å². The fourth-order valence-electron chi connectivity index (χ4n) is 2.43. The van der Waals surface area contributed by atoms with E-state index in [0.717, 1.165) is 12.1 Å². The first-order valence-electron chi connectivity index (χ1n) is 7.05. The minimum Gasteiger partial charge on any atom is -0.462 e. The summed E-state index contributed by atoms with van der Waals surface area (Å²) in [5.41, 5.74) is -1.22. The molecule has 0 spiro atoms. The summed E-state index contributed by atoms with van der Waals surface area (Å²) >= 11 is 0. The Labute approximate surface area is 131 Å². The first kappa shape index (κ1) is 16.6. The number of esters is 1. The molecule has 1 fully saturated rings. The molecule has 1 heterocycles. The second kappa shape index (κ2) is 7.01. The maximum Gasteiger partial charge on any atom is 0.338 e. The molecule has 0 amide bonds. The van der Waals surface area contributed by atoms with Crippen LogP contribution in [0.4, 0.5) is 17.1 Å². The monoisotopic (exact) mass is 324 g/mol. The number of piperazine rings is 1. The SMILES string of the molecule is CCOC(=O)c1cc([N+](=O)[O-])c(N2CCNCC2)c([N+](=O)[O-])c1. The molecule has 1 aromatic rings. The minimum atomic E-state index is -0.828. The van der Waals surface area contributed by atoms with Crippen LogP contribution in [0.15, 0.2) is 12.1 Å². The van der Waals surface area contributed by atoms with Gasteiger partial charge in [-0.1, -0.05) is 0 Å². The molecule has 23 heavy (non-hydrogen) atoms. The molecule has 0 atom stereocenters. The molecule has 0 unspecified atom stereocenters. The number of carbonyl (C=O) groups excluding carboxylic acids is 1. The molecule has 1 aliphatic heterocycles. The van der Waals surface area contributed by atoms with Gasteiger partial charge in [0.1, 0.15) is 0 Å². The van der Waals surface area contributed by atoms with E-state index in [9.17, 15) is 25.0 Å². The van der Waals surface area contributed by atoms with Crippen molar-refractivity contribution in [3.05, 3.63) is 37.9 Å². The summed E-state index contributed by atoms with van der Waals surface area (Å²) in [6.45, 7) is 3.58. The number of nitrogens with one attached hydrogen (secondary N) is 1. The zero-order valence-electron chi connectivity index (χ0n) is 12.5. The van der Waals surface area contributed by atoms with E-state index in [1.54, 1.807) is 11.8 Å². The van der Waals surface area contributed by atoms with Crippen LogP contribution in [-0.2, 0) is 4.74 Å². The van der Waals surface area contributed by atoms with Crippen molar-refractivity contribution in [2.24, 2.45) is 0 Å². The molecule has 1 saturated heterocycles. The standard InChI is InChI=1S/C13H16N4O6/c1-2-23-13(18)9-7-10(16(19)20)12(11(8-9)17(21)22)15-5-3-14-4-6-15/h7-8,14H,2-6H2,1H3. The zero-order valence-corrected chi connectivity index (χ0v) is 12.5. The predicted octanol–water partition coefficient (Wildman–Crippen LogP) is 1.09. The highest BCUT2D eigenvalue weighted by Gasteiger charge is 2.33. The Morgan fingerprint density at radius 3 is 2.17 bits per heavy atom. The Morgan fingerprint density at radius 1 is 1.22 bits per heavy atom. The molecule has 0 aromatic heterocycles. The minimum absolute atomic E-state index is 0.0694. The number of nitrogens with zero attached hydrogens (tertiary/aromatic N) is 3. The number of nitro groups is 2. The van der Waals surface area contributed by atoms with Crippen molar-refractivity contribution in [3.8, 4) is 0 Å². The molecule has 0 radical (unpaired) electrons. The van der Waals surface area contributed by atoms with Crippen LogP contribution in [0.25, 0.3) is 0 Å². The maximum absolute atomic E-state index is 11.8. The average Bonchev–Trinajstić information content (AvgIpc) is 2.54. The van der Waals surface area contributed by atoms with Crippen LogP contribution in [0, 0.1) is 20.2 Å². The van der Waals surface area contributed by atoms with Gasteiger partial charge in [0.25, 0.3) is 0 Å². The van der Waals surface area contributed by atoms with Gasteiger partial charge in [0.2, 0.25) is 0 Å². The lowest BCUT2D eigenvalue weighted by molar-refractivity contribution is -0.392. The van der Waals surface area contributed by atoms with Crippen LogP contribution in [0.3, 0.4) is 0 Å². The topological polar surface area (TPSA) is 128 Å². The lowest BCUT2D eigenvalue weighted by Crippen LogP contribution is -2.44. The molecule has 0 bridgehead atoms. The molecule has 10 heteroatoms. The van der Waals surface area contributed by atoms with E-state index in [4.69, 9.17) is 4.74 Å². The molecule has 1 N–H and O–H groups in total. The molecule has 124 valence electrons. The summed E-state index contributed by atoms with van der Waals surface area (Å²) in [5, 5.41) is 25.8. The van der Waals surface area contributed by atoms with Gasteiger partial charge >= 0.3 is 17.3 Å².